The number of rotatable bonds is 3. The lowest BCUT2D eigenvalue weighted by Crippen LogP contribution is -1.93. The predicted molar refractivity (Wildman–Crippen MR) is 201 cm³/mol. The fraction of sp³-hybridized carbons (Fsp3) is 0.0213. The normalized spacial score (nSPS) is 12.2. The van der Waals surface area contributed by atoms with Crippen LogP contribution in [0, 0.1) is 0 Å². The Labute approximate surface area is 274 Å². The zero-order valence-electron chi connectivity index (χ0n) is 25.9. The number of fused-ring (bicyclic) bond motifs is 9. The van der Waals surface area contributed by atoms with Gasteiger partial charge in [-0.2, -0.15) is 0 Å². The molecule has 47 heavy (non-hydrogen) atoms. The molecule has 0 bridgehead atoms. The van der Waals surface area contributed by atoms with Crippen LogP contribution in [0.2, 0.25) is 0 Å². The Bertz CT molecular complexity index is 2640. The summed E-state index contributed by atoms with van der Waals surface area (Å²) in [5.41, 5.74) is 13.2. The minimum Gasteiger partial charge on any atom is -0.0622 e. The molecule has 0 saturated carbocycles. The molecule has 9 aromatic carbocycles. The van der Waals surface area contributed by atoms with Crippen molar-refractivity contribution in [1.82, 2.24) is 0 Å². The summed E-state index contributed by atoms with van der Waals surface area (Å²) in [6, 6.07) is 62.8. The van der Waals surface area contributed by atoms with Crippen LogP contribution in [0.4, 0.5) is 0 Å². The molecule has 1 aliphatic carbocycles. The minimum absolute atomic E-state index is 0.963. The monoisotopic (exact) mass is 594 g/mol. The third-order valence-electron chi connectivity index (χ3n) is 10.3. The average molecular weight is 595 g/mol. The summed E-state index contributed by atoms with van der Waals surface area (Å²) < 4.78 is 0. The predicted octanol–water partition coefficient (Wildman–Crippen LogP) is 12.9. The molecular weight excluding hydrogens is 565 g/mol. The Kier molecular flexibility index (Phi) is 5.74. The van der Waals surface area contributed by atoms with Gasteiger partial charge in [-0.1, -0.05) is 158 Å². The second-order valence-corrected chi connectivity index (χ2v) is 12.8. The Morgan fingerprint density at radius 2 is 0.809 bits per heavy atom. The molecule has 9 aromatic rings. The van der Waals surface area contributed by atoms with Crippen LogP contribution < -0.4 is 0 Å². The molecule has 0 atom stereocenters. The van der Waals surface area contributed by atoms with E-state index in [2.05, 4.69) is 170 Å². The first-order valence-corrected chi connectivity index (χ1v) is 16.5. The van der Waals surface area contributed by atoms with Crippen molar-refractivity contribution in [1.29, 1.82) is 0 Å². The van der Waals surface area contributed by atoms with Crippen LogP contribution in [-0.2, 0) is 6.42 Å². The van der Waals surface area contributed by atoms with Gasteiger partial charge in [0.25, 0.3) is 0 Å². The van der Waals surface area contributed by atoms with Gasteiger partial charge in [-0.15, -0.1) is 0 Å². The molecule has 0 heterocycles. The van der Waals surface area contributed by atoms with E-state index in [9.17, 15) is 0 Å². The topological polar surface area (TPSA) is 0 Å². The van der Waals surface area contributed by atoms with Gasteiger partial charge in [-0.3, -0.25) is 0 Å². The number of hydrogen-bond acceptors (Lipinski definition) is 0. The van der Waals surface area contributed by atoms with Crippen LogP contribution in [0.25, 0.3) is 87.6 Å². The first-order chi connectivity index (χ1) is 23.3. The van der Waals surface area contributed by atoms with Crippen LogP contribution in [0.1, 0.15) is 11.1 Å². The summed E-state index contributed by atoms with van der Waals surface area (Å²) in [7, 11) is 0. The van der Waals surface area contributed by atoms with Gasteiger partial charge < -0.3 is 0 Å². The molecular formula is C47H30. The van der Waals surface area contributed by atoms with Crippen molar-refractivity contribution >= 4 is 43.1 Å². The first-order valence-electron chi connectivity index (χ1n) is 16.5. The summed E-state index contributed by atoms with van der Waals surface area (Å²) in [5, 5.41) is 10.5. The van der Waals surface area contributed by atoms with Gasteiger partial charge in [0.05, 0.1) is 0 Å². The van der Waals surface area contributed by atoms with Gasteiger partial charge in [0.15, 0.2) is 0 Å². The molecule has 1 aliphatic rings. The van der Waals surface area contributed by atoms with Crippen LogP contribution in [0.15, 0.2) is 170 Å². The number of benzene rings is 9. The molecule has 0 amide bonds. The fourth-order valence-electron chi connectivity index (χ4n) is 8.24. The highest BCUT2D eigenvalue weighted by Gasteiger charge is 2.26. The molecule has 0 N–H and O–H groups in total. The van der Waals surface area contributed by atoms with E-state index >= 15 is 0 Å². The van der Waals surface area contributed by atoms with E-state index in [1.165, 1.54) is 98.7 Å². The number of hydrogen-bond donors (Lipinski definition) is 0. The molecule has 0 aromatic heterocycles. The third kappa shape index (κ3) is 3.95. The van der Waals surface area contributed by atoms with Gasteiger partial charge in [-0.05, 0) is 117 Å². The summed E-state index contributed by atoms with van der Waals surface area (Å²) in [6.07, 6.45) is 0.963. The maximum absolute atomic E-state index is 2.50. The second-order valence-electron chi connectivity index (χ2n) is 12.8. The molecule has 0 heteroatoms. The summed E-state index contributed by atoms with van der Waals surface area (Å²) in [5.74, 6) is 0. The van der Waals surface area contributed by atoms with Crippen molar-refractivity contribution in [2.45, 2.75) is 6.42 Å². The van der Waals surface area contributed by atoms with Gasteiger partial charge in [0.2, 0.25) is 0 Å². The maximum atomic E-state index is 2.50. The molecule has 0 radical (unpaired) electrons. The van der Waals surface area contributed by atoms with Gasteiger partial charge >= 0.3 is 0 Å². The molecule has 0 aliphatic heterocycles. The van der Waals surface area contributed by atoms with Gasteiger partial charge in [0, 0.05) is 0 Å². The molecule has 0 fully saturated rings. The first kappa shape index (κ1) is 26.3. The van der Waals surface area contributed by atoms with Gasteiger partial charge in [-0.25, -0.2) is 0 Å². The summed E-state index contributed by atoms with van der Waals surface area (Å²) in [4.78, 5) is 0. The van der Waals surface area contributed by atoms with Crippen molar-refractivity contribution in [3.05, 3.63) is 181 Å². The molecule has 0 saturated heterocycles. The highest BCUT2D eigenvalue weighted by Crippen LogP contribution is 2.50. The van der Waals surface area contributed by atoms with E-state index in [1.54, 1.807) is 0 Å². The van der Waals surface area contributed by atoms with Gasteiger partial charge in [0.1, 0.15) is 0 Å². The van der Waals surface area contributed by atoms with Crippen LogP contribution in [0.3, 0.4) is 0 Å². The van der Waals surface area contributed by atoms with Crippen molar-refractivity contribution in [3.63, 3.8) is 0 Å². The zero-order valence-corrected chi connectivity index (χ0v) is 25.9. The van der Waals surface area contributed by atoms with Crippen molar-refractivity contribution in [2.24, 2.45) is 0 Å². The van der Waals surface area contributed by atoms with Crippen LogP contribution >= 0.6 is 0 Å². The summed E-state index contributed by atoms with van der Waals surface area (Å²) in [6.45, 7) is 0. The highest BCUT2D eigenvalue weighted by atomic mass is 14.3. The SMILES string of the molecule is c1ccc(-c2cccc(-c3c4ccccc4c(-c4cc5c(c6ccccc46)Cc4c-5ccc5ccccc45)c4ccccc34)c2)cc1. The Morgan fingerprint density at radius 1 is 0.277 bits per heavy atom. The average Bonchev–Trinajstić information content (AvgIpc) is 3.53. The van der Waals surface area contributed by atoms with Crippen LogP contribution in [-0.4, -0.2) is 0 Å². The zero-order chi connectivity index (χ0) is 30.9. The largest absolute Gasteiger partial charge is 0.0622 e. The third-order valence-corrected chi connectivity index (χ3v) is 10.3. The molecule has 0 unspecified atom stereocenters. The van der Waals surface area contributed by atoms with E-state index in [-0.39, 0.29) is 0 Å². The minimum atomic E-state index is 0.963. The lowest BCUT2D eigenvalue weighted by molar-refractivity contribution is 1.31. The van der Waals surface area contributed by atoms with E-state index in [1.807, 2.05) is 0 Å². The van der Waals surface area contributed by atoms with Crippen molar-refractivity contribution < 1.29 is 0 Å². The molecule has 0 spiro atoms. The van der Waals surface area contributed by atoms with Crippen molar-refractivity contribution in [2.75, 3.05) is 0 Å². The molecule has 218 valence electrons. The lowest BCUT2D eigenvalue weighted by Gasteiger charge is -2.20. The summed E-state index contributed by atoms with van der Waals surface area (Å²) >= 11 is 0. The lowest BCUT2D eigenvalue weighted by atomic mass is 9.83. The van der Waals surface area contributed by atoms with E-state index in [0.717, 1.165) is 6.42 Å². The van der Waals surface area contributed by atoms with Crippen molar-refractivity contribution in [3.8, 4) is 44.5 Å². The smallest absolute Gasteiger partial charge is 0.000111 e. The second kappa shape index (κ2) is 10.3. The van der Waals surface area contributed by atoms with E-state index in [4.69, 9.17) is 0 Å². The highest BCUT2D eigenvalue weighted by molar-refractivity contribution is 6.24. The van der Waals surface area contributed by atoms with E-state index < -0.39 is 0 Å². The fourth-order valence-corrected chi connectivity index (χ4v) is 8.24. The Balaban J connectivity index is 1.29. The molecule has 0 nitrogen and oxygen atoms in total. The standard InChI is InChI=1S/C47H30/c1-2-13-30(14-3-1)32-16-12-17-33(27-32)46-38-21-8-10-23-40(38)47(41-24-11-9-22-39(41)46)45-29-44-37-26-25-31-15-4-5-18-34(31)42(37)28-43(44)35-19-6-7-20-36(35)45/h1-27,29H,28H2. The molecule has 10 rings (SSSR count). The maximum Gasteiger partial charge on any atom is -0.000111 e. The van der Waals surface area contributed by atoms with E-state index in [0.29, 0.717) is 0 Å². The Morgan fingerprint density at radius 3 is 1.53 bits per heavy atom. The van der Waals surface area contributed by atoms with Crippen LogP contribution in [0.5, 0.6) is 0 Å². The quantitative estimate of drug-likeness (QED) is 0.179. The Hall–Kier alpha value is -5.98.